The Kier molecular flexibility index (Phi) is 2.73. The molecule has 0 aliphatic rings. The van der Waals surface area contributed by atoms with E-state index in [0.717, 1.165) is 11.0 Å². The first-order valence-electron chi connectivity index (χ1n) is 8.37. The van der Waals surface area contributed by atoms with Gasteiger partial charge in [0, 0.05) is 30.9 Å². The maximum Gasteiger partial charge on any atom is 0.237 e. The van der Waals surface area contributed by atoms with Crippen LogP contribution >= 0.6 is 11.3 Å². The van der Waals surface area contributed by atoms with Crippen molar-refractivity contribution in [1.29, 1.82) is 0 Å². The van der Waals surface area contributed by atoms with E-state index in [1.807, 2.05) is 11.3 Å². The zero-order chi connectivity index (χ0) is 17.1. The molecule has 26 heavy (non-hydrogen) atoms. The van der Waals surface area contributed by atoms with Gasteiger partial charge in [0.1, 0.15) is 12.7 Å². The maximum absolute atomic E-state index is 4.39. The molecule has 0 radical (unpaired) electrons. The fourth-order valence-electron chi connectivity index (χ4n) is 3.84. The van der Waals surface area contributed by atoms with E-state index in [-0.39, 0.29) is 0 Å². The Morgan fingerprint density at radius 2 is 1.42 bits per heavy atom. The molecule has 0 saturated heterocycles. The minimum Gasteiger partial charge on any atom is -0.278 e. The average molecular weight is 352 g/mol. The molecule has 0 unspecified atom stereocenters. The van der Waals surface area contributed by atoms with E-state index >= 15 is 0 Å². The van der Waals surface area contributed by atoms with Crippen LogP contribution in [-0.4, -0.2) is 19.5 Å². The summed E-state index contributed by atoms with van der Waals surface area (Å²) in [5, 5.41) is 5.09. The molecule has 0 fully saturated rings. The van der Waals surface area contributed by atoms with Crippen LogP contribution in [0.15, 0.2) is 73.3 Å². The second-order valence-corrected chi connectivity index (χ2v) is 7.31. The van der Waals surface area contributed by atoms with Crippen molar-refractivity contribution in [1.82, 2.24) is 19.5 Å². The van der Waals surface area contributed by atoms with Crippen molar-refractivity contribution in [2.24, 2.45) is 0 Å². The van der Waals surface area contributed by atoms with E-state index in [9.17, 15) is 0 Å². The number of rotatable bonds is 1. The molecule has 0 aliphatic heterocycles. The van der Waals surface area contributed by atoms with Crippen LogP contribution in [0, 0.1) is 0 Å². The number of aromatic nitrogens is 4. The van der Waals surface area contributed by atoms with Gasteiger partial charge in [0.05, 0.1) is 11.0 Å². The minimum atomic E-state index is 0.644. The smallest absolute Gasteiger partial charge is 0.237 e. The fraction of sp³-hybridized carbons (Fsp3) is 0. The molecule has 0 saturated carbocycles. The van der Waals surface area contributed by atoms with Crippen LogP contribution in [-0.2, 0) is 0 Å². The van der Waals surface area contributed by atoms with Crippen LogP contribution in [0.1, 0.15) is 0 Å². The lowest BCUT2D eigenvalue weighted by atomic mass is 10.1. The summed E-state index contributed by atoms with van der Waals surface area (Å²) < 4.78 is 4.74. The van der Waals surface area contributed by atoms with Gasteiger partial charge in [-0.1, -0.05) is 36.4 Å². The molecule has 6 rings (SSSR count). The predicted octanol–water partition coefficient (Wildman–Crippen LogP) is 5.34. The first kappa shape index (κ1) is 13.9. The summed E-state index contributed by atoms with van der Waals surface area (Å²) in [6.07, 6.45) is 3.09. The van der Waals surface area contributed by atoms with Crippen molar-refractivity contribution in [3.05, 3.63) is 73.3 Å². The lowest BCUT2D eigenvalue weighted by Crippen LogP contribution is -2.00. The zero-order valence-electron chi connectivity index (χ0n) is 13.6. The van der Waals surface area contributed by atoms with Gasteiger partial charge in [-0.05, 0) is 24.3 Å². The summed E-state index contributed by atoms with van der Waals surface area (Å²) in [4.78, 5) is 12.8. The van der Waals surface area contributed by atoms with Gasteiger partial charge >= 0.3 is 0 Å². The molecule has 3 aromatic heterocycles. The van der Waals surface area contributed by atoms with Crippen LogP contribution in [0.2, 0.25) is 0 Å². The van der Waals surface area contributed by atoms with Crippen molar-refractivity contribution in [2.75, 3.05) is 0 Å². The Labute approximate surface area is 152 Å². The monoisotopic (exact) mass is 352 g/mol. The topological polar surface area (TPSA) is 43.6 Å². The molecule has 0 amide bonds. The van der Waals surface area contributed by atoms with Crippen LogP contribution in [0.5, 0.6) is 0 Å². The van der Waals surface area contributed by atoms with E-state index in [4.69, 9.17) is 0 Å². The third-order valence-corrected chi connectivity index (χ3v) is 5.99. The molecule has 6 aromatic rings. The number of thiophene rings is 1. The van der Waals surface area contributed by atoms with Gasteiger partial charge in [-0.3, -0.25) is 4.57 Å². The van der Waals surface area contributed by atoms with Crippen LogP contribution in [0.3, 0.4) is 0 Å². The Hall–Kier alpha value is -3.31. The highest BCUT2D eigenvalue weighted by molar-refractivity contribution is 7.26. The molecule has 0 atom stereocenters. The van der Waals surface area contributed by atoms with Crippen molar-refractivity contribution in [2.45, 2.75) is 0 Å². The number of hydrogen-bond acceptors (Lipinski definition) is 4. The zero-order valence-corrected chi connectivity index (χ0v) is 14.4. The molecular formula is C21H12N4S. The number of para-hydroxylation sites is 1. The van der Waals surface area contributed by atoms with E-state index in [2.05, 4.69) is 80.2 Å². The molecule has 0 bridgehead atoms. The Bertz CT molecular complexity index is 1430. The first-order valence-corrected chi connectivity index (χ1v) is 9.19. The van der Waals surface area contributed by atoms with Gasteiger partial charge in [0.2, 0.25) is 5.95 Å². The van der Waals surface area contributed by atoms with Crippen LogP contribution in [0.4, 0.5) is 0 Å². The van der Waals surface area contributed by atoms with E-state index in [1.165, 1.54) is 30.9 Å². The van der Waals surface area contributed by atoms with Crippen molar-refractivity contribution >= 4 is 53.3 Å². The summed E-state index contributed by atoms with van der Waals surface area (Å²) in [5.74, 6) is 0.644. The van der Waals surface area contributed by atoms with Gasteiger partial charge in [-0.2, -0.15) is 0 Å². The Balaban J connectivity index is 1.92. The van der Waals surface area contributed by atoms with E-state index in [1.54, 1.807) is 12.7 Å². The Morgan fingerprint density at radius 1 is 0.654 bits per heavy atom. The summed E-state index contributed by atoms with van der Waals surface area (Å²) >= 11 is 1.84. The molecule has 5 heteroatoms. The van der Waals surface area contributed by atoms with Gasteiger partial charge < -0.3 is 0 Å². The molecule has 0 N–H and O–H groups in total. The molecule has 122 valence electrons. The van der Waals surface area contributed by atoms with Gasteiger partial charge in [-0.25, -0.2) is 15.0 Å². The predicted molar refractivity (Wildman–Crippen MR) is 107 cm³/mol. The number of nitrogens with zero attached hydrogens (tertiary/aromatic N) is 4. The highest BCUT2D eigenvalue weighted by Crippen LogP contribution is 2.42. The second-order valence-electron chi connectivity index (χ2n) is 6.22. The number of benzene rings is 3. The summed E-state index contributed by atoms with van der Waals surface area (Å²) in [6, 6.07) is 21.5. The number of hydrogen-bond donors (Lipinski definition) is 0. The summed E-state index contributed by atoms with van der Waals surface area (Å²) in [7, 11) is 0. The third-order valence-electron chi connectivity index (χ3n) is 4.86. The first-order chi connectivity index (χ1) is 12.9. The van der Waals surface area contributed by atoms with Crippen molar-refractivity contribution in [3.8, 4) is 5.95 Å². The van der Waals surface area contributed by atoms with Gasteiger partial charge in [0.25, 0.3) is 0 Å². The highest BCUT2D eigenvalue weighted by atomic mass is 32.1. The van der Waals surface area contributed by atoms with E-state index in [0.29, 0.717) is 5.95 Å². The highest BCUT2D eigenvalue weighted by Gasteiger charge is 2.18. The second kappa shape index (κ2) is 5.09. The molecule has 3 aromatic carbocycles. The van der Waals surface area contributed by atoms with Crippen LogP contribution < -0.4 is 0 Å². The molecule has 3 heterocycles. The SMILES string of the molecule is c1ccc2c(c1)sc1ccc3c(c4ccccc4n3-c3ncncn3)c12. The minimum absolute atomic E-state index is 0.644. The lowest BCUT2D eigenvalue weighted by Gasteiger charge is -2.04. The fourth-order valence-corrected chi connectivity index (χ4v) is 4.95. The molecule has 0 spiro atoms. The summed E-state index contributed by atoms with van der Waals surface area (Å²) in [6.45, 7) is 0. The van der Waals surface area contributed by atoms with E-state index < -0.39 is 0 Å². The van der Waals surface area contributed by atoms with Gasteiger partial charge in [-0.15, -0.1) is 11.3 Å². The number of fused-ring (bicyclic) bond motifs is 7. The summed E-state index contributed by atoms with van der Waals surface area (Å²) in [5.41, 5.74) is 2.23. The maximum atomic E-state index is 4.39. The Morgan fingerprint density at radius 3 is 2.31 bits per heavy atom. The quantitative estimate of drug-likeness (QED) is 0.401. The largest absolute Gasteiger partial charge is 0.278 e. The van der Waals surface area contributed by atoms with Crippen molar-refractivity contribution < 1.29 is 0 Å². The van der Waals surface area contributed by atoms with Gasteiger partial charge in [0.15, 0.2) is 0 Å². The third kappa shape index (κ3) is 1.75. The van der Waals surface area contributed by atoms with Crippen LogP contribution in [0.25, 0.3) is 47.9 Å². The average Bonchev–Trinajstić information content (AvgIpc) is 3.24. The molecule has 4 nitrogen and oxygen atoms in total. The normalized spacial score (nSPS) is 11.8. The molecular weight excluding hydrogens is 340 g/mol. The lowest BCUT2D eigenvalue weighted by molar-refractivity contribution is 0.940. The van der Waals surface area contributed by atoms with Crippen molar-refractivity contribution in [3.63, 3.8) is 0 Å². The molecule has 0 aliphatic carbocycles. The standard InChI is InChI=1S/C21H12N4S/c1-3-7-15-13(5-1)19-16(25(15)21-23-11-22-12-24-21)9-10-18-20(19)14-6-2-4-8-17(14)26-18/h1-12H.